The van der Waals surface area contributed by atoms with Crippen molar-refractivity contribution in [2.45, 2.75) is 12.5 Å². The minimum atomic E-state index is -0.722. The minimum Gasteiger partial charge on any atom is -0.528 e. The van der Waals surface area contributed by atoms with Crippen LogP contribution in [-0.2, 0) is 127 Å². The smallest absolute Gasteiger partial charge is 0.112 e. The zero-order chi connectivity index (χ0) is 16.5. The first kappa shape index (κ1) is 47.4. The zero-order valence-corrected chi connectivity index (χ0v) is 25.9. The van der Waals surface area contributed by atoms with Gasteiger partial charge in [0.15, 0.2) is 0 Å². The summed E-state index contributed by atoms with van der Waals surface area (Å²) in [6.45, 7) is 4.21. The van der Waals surface area contributed by atoms with E-state index in [1.165, 1.54) is 0 Å². The number of amides is 3. The Bertz CT molecular complexity index is 301. The van der Waals surface area contributed by atoms with Gasteiger partial charge in [-0.1, -0.05) is 0 Å². The summed E-state index contributed by atoms with van der Waals surface area (Å²) in [5, 5.41) is 7.09. The van der Waals surface area contributed by atoms with Crippen LogP contribution in [-0.4, -0.2) is 77.5 Å². The Kier molecular flexibility index (Phi) is 61.0. The summed E-state index contributed by atoms with van der Waals surface area (Å²) >= 11 is 0. The molecule has 0 atom stereocenters. The van der Waals surface area contributed by atoms with E-state index in [1.54, 1.807) is 26.2 Å². The van der Waals surface area contributed by atoms with Crippen molar-refractivity contribution in [2.75, 3.05) is 52.7 Å². The second-order valence-corrected chi connectivity index (χ2v) is 4.49. The van der Waals surface area contributed by atoms with Crippen molar-refractivity contribution in [3.05, 3.63) is 22.3 Å². The summed E-state index contributed by atoms with van der Waals surface area (Å²) in [5.74, 6) is 0. The molecule has 0 aromatic rings. The molecule has 12 heteroatoms. The molecule has 0 rings (SSSR count). The van der Waals surface area contributed by atoms with Crippen LogP contribution in [0.5, 0.6) is 0 Å². The van der Waals surface area contributed by atoms with E-state index in [9.17, 15) is 14.4 Å². The molecule has 0 aliphatic heterocycles. The van der Waals surface area contributed by atoms with Gasteiger partial charge in [0.05, 0.1) is 33.0 Å². The Balaban J connectivity index is -0.000000147. The van der Waals surface area contributed by atoms with Gasteiger partial charge in [0.2, 0.25) is 0 Å². The molecule has 3 radical (unpaired) electrons. The topological polar surface area (TPSA) is 115 Å². The number of nitrogens with one attached hydrogen (secondary N) is 3. The van der Waals surface area contributed by atoms with Gasteiger partial charge in [0.25, 0.3) is 0 Å². The molecule has 0 aliphatic carbocycles. The van der Waals surface area contributed by atoms with Crippen LogP contribution in [0.1, 0.15) is 6.92 Å². The van der Waals surface area contributed by atoms with Gasteiger partial charge in [-0.25, -0.2) is 0 Å². The molecule has 9 nitrogen and oxygen atoms in total. The van der Waals surface area contributed by atoms with E-state index < -0.39 is 5.60 Å². The van der Waals surface area contributed by atoms with Gasteiger partial charge in [-0.15, -0.1) is 0 Å². The Morgan fingerprint density at radius 2 is 1.00 bits per heavy atom. The van der Waals surface area contributed by atoms with Crippen molar-refractivity contribution in [1.82, 2.24) is 16.0 Å². The molecule has 28 heavy (non-hydrogen) atoms. The summed E-state index contributed by atoms with van der Waals surface area (Å²) in [6, 6.07) is 0. The van der Waals surface area contributed by atoms with Crippen LogP contribution in [0.4, 0.5) is 0 Å². The fraction of sp³-hybridized carbons (Fsp3) is 0.625. The van der Waals surface area contributed by atoms with E-state index in [1.807, 2.05) is 0 Å². The molecule has 0 aliphatic rings. The van der Waals surface area contributed by atoms with Crippen LogP contribution in [0.2, 0.25) is 0 Å². The Morgan fingerprint density at radius 1 is 0.679 bits per heavy atom. The van der Waals surface area contributed by atoms with Crippen LogP contribution in [0.15, 0.2) is 0 Å². The van der Waals surface area contributed by atoms with Gasteiger partial charge < -0.3 is 66.8 Å². The standard InChI is InChI=1S/C13H22N3O6.3CH3.3Y/c1-13(22-7-4-16-12-19,8-20-5-2-14-10-17)9-21-6-3-15-11-18;;;;;;/h2-9H2,1H3,(H,14,17)(H,15,18)(H,16,19);3*1H3;;;/q-3;3*-1;;;. The van der Waals surface area contributed by atoms with Gasteiger partial charge >= 0.3 is 0 Å². The Morgan fingerprint density at radius 3 is 1.32 bits per heavy atom. The van der Waals surface area contributed by atoms with E-state index >= 15 is 0 Å². The molecule has 0 saturated heterocycles. The van der Waals surface area contributed by atoms with E-state index in [0.29, 0.717) is 32.8 Å². The quantitative estimate of drug-likeness (QED) is 0.110. The fourth-order valence-electron chi connectivity index (χ4n) is 1.45. The van der Waals surface area contributed by atoms with Crippen LogP contribution in [0.3, 0.4) is 0 Å². The summed E-state index contributed by atoms with van der Waals surface area (Å²) in [6.07, 6.45) is 4.65. The largest absolute Gasteiger partial charge is 0.528 e. The van der Waals surface area contributed by atoms with E-state index in [2.05, 4.69) is 16.0 Å². The maximum atomic E-state index is 10.1. The number of carbonyl (C=O) groups excluding carboxylic acids is 3. The number of hydrogen-bond acceptors (Lipinski definition) is 6. The van der Waals surface area contributed by atoms with Crippen LogP contribution < -0.4 is 16.0 Å². The molecule has 0 heterocycles. The van der Waals surface area contributed by atoms with Gasteiger partial charge in [0.1, 0.15) is 5.60 Å². The fourth-order valence-corrected chi connectivity index (χ4v) is 1.45. The molecule has 3 N–H and O–H groups in total. The first-order valence-corrected chi connectivity index (χ1v) is 6.78. The second-order valence-electron chi connectivity index (χ2n) is 4.49. The summed E-state index contributed by atoms with van der Waals surface area (Å²) in [4.78, 5) is 30.0. The average Bonchev–Trinajstić information content (AvgIpc) is 2.51. The second kappa shape index (κ2) is 36.0. The normalized spacial score (nSPS) is 8.46. The third kappa shape index (κ3) is 32.3. The summed E-state index contributed by atoms with van der Waals surface area (Å²) in [7, 11) is 0. The molecule has 161 valence electrons. The maximum absolute atomic E-state index is 10.1. The van der Waals surface area contributed by atoms with E-state index in [0.717, 1.165) is 0 Å². The molecular weight excluding hydrogens is 597 g/mol. The number of rotatable bonds is 17. The van der Waals surface area contributed by atoms with Gasteiger partial charge in [0, 0.05) is 118 Å². The monoisotopic (exact) mass is 628 g/mol. The number of ether oxygens (including phenoxy) is 3. The Hall–Kier alpha value is 1.60. The zero-order valence-electron chi connectivity index (χ0n) is 17.3. The molecule has 0 unspecified atom stereocenters. The van der Waals surface area contributed by atoms with Crippen molar-refractivity contribution >= 4 is 19.2 Å². The SMILES string of the molecule is CC(COCCN[C-]=O)(COCCN[C-]=O)OCCN[C-]=O.[CH3-].[CH3-].[CH3-].[Y].[Y].[Y]. The molecule has 0 aromatic heterocycles. The van der Waals surface area contributed by atoms with Crippen molar-refractivity contribution in [2.24, 2.45) is 0 Å². The molecule has 0 bridgehead atoms. The molecule has 0 fully saturated rings. The van der Waals surface area contributed by atoms with E-state index in [-0.39, 0.29) is 140 Å². The third-order valence-electron chi connectivity index (χ3n) is 2.45. The van der Waals surface area contributed by atoms with Crippen molar-refractivity contribution in [3.63, 3.8) is 0 Å². The first-order chi connectivity index (χ1) is 10.7. The van der Waals surface area contributed by atoms with Crippen molar-refractivity contribution in [3.8, 4) is 0 Å². The predicted molar refractivity (Wildman–Crippen MR) is 96.3 cm³/mol. The maximum Gasteiger partial charge on any atom is 0.112 e. The molecule has 0 saturated carbocycles. The van der Waals surface area contributed by atoms with Crippen LogP contribution >= 0.6 is 0 Å². The summed E-state index contributed by atoms with van der Waals surface area (Å²) in [5.41, 5.74) is -0.722. The van der Waals surface area contributed by atoms with Gasteiger partial charge in [-0.3, -0.25) is 0 Å². The Labute approximate surface area is 246 Å². The van der Waals surface area contributed by atoms with Crippen LogP contribution in [0.25, 0.3) is 0 Å². The van der Waals surface area contributed by atoms with E-state index in [4.69, 9.17) is 14.2 Å². The van der Waals surface area contributed by atoms with Crippen LogP contribution in [0, 0.1) is 22.3 Å². The average molecular weight is 628 g/mol. The number of hydrogen-bond donors (Lipinski definition) is 3. The molecule has 0 spiro atoms. The third-order valence-corrected chi connectivity index (χ3v) is 2.45. The van der Waals surface area contributed by atoms with Gasteiger partial charge in [-0.05, 0) is 6.92 Å². The predicted octanol–water partition coefficient (Wildman–Crippen LogP) is -0.891. The first-order valence-electron chi connectivity index (χ1n) is 6.78. The van der Waals surface area contributed by atoms with Crippen molar-refractivity contribution < 1.29 is 127 Å². The van der Waals surface area contributed by atoms with Gasteiger partial charge in [-0.2, -0.15) is 19.2 Å². The molecular formula is C16H31N3O6Y3-6. The molecule has 0 aromatic carbocycles. The minimum absolute atomic E-state index is 0. The summed E-state index contributed by atoms with van der Waals surface area (Å²) < 4.78 is 16.5. The van der Waals surface area contributed by atoms with Crippen molar-refractivity contribution in [1.29, 1.82) is 0 Å². The molecule has 3 amide bonds.